The molecule has 3 rings (SSSR count). The highest BCUT2D eigenvalue weighted by molar-refractivity contribution is 7.07. The molecule has 0 aliphatic heterocycles. The minimum Gasteiger partial charge on any atom is -0.493 e. The summed E-state index contributed by atoms with van der Waals surface area (Å²) in [5.41, 5.74) is 3.99. The minimum absolute atomic E-state index is 0.0963. The largest absolute Gasteiger partial charge is 0.493 e. The number of carbonyl (C=O) groups excluding carboxylic acids is 1. The number of ether oxygens (including phenoxy) is 2. The first-order valence-corrected chi connectivity index (χ1v) is 11.8. The second-order valence-corrected chi connectivity index (χ2v) is 8.23. The van der Waals surface area contributed by atoms with Crippen LogP contribution >= 0.6 is 11.3 Å². The summed E-state index contributed by atoms with van der Waals surface area (Å²) in [5.74, 6) is -0.169. The van der Waals surface area contributed by atoms with Crippen molar-refractivity contribution in [2.24, 2.45) is 0 Å². The third kappa shape index (κ3) is 6.52. The van der Waals surface area contributed by atoms with Crippen LogP contribution in [0.2, 0.25) is 0 Å². The molecule has 0 atom stereocenters. The predicted octanol–water partition coefficient (Wildman–Crippen LogP) is 4.41. The molecule has 0 aliphatic rings. The van der Waals surface area contributed by atoms with Crippen LogP contribution in [0.4, 0.5) is 5.69 Å². The van der Waals surface area contributed by atoms with Crippen LogP contribution in [0.3, 0.4) is 0 Å². The van der Waals surface area contributed by atoms with Gasteiger partial charge in [0.05, 0.1) is 29.3 Å². The van der Waals surface area contributed by atoms with Gasteiger partial charge in [-0.25, -0.2) is 4.98 Å². The number of hydrogen-bond donors (Lipinski definition) is 1. The first-order valence-electron chi connectivity index (χ1n) is 10.9. The maximum absolute atomic E-state index is 12.8. The summed E-state index contributed by atoms with van der Waals surface area (Å²) in [5, 5.41) is 16.3. The van der Waals surface area contributed by atoms with Crippen LogP contribution in [0.15, 0.2) is 47.3 Å². The van der Waals surface area contributed by atoms with E-state index in [4.69, 9.17) is 9.47 Å². The lowest BCUT2D eigenvalue weighted by Gasteiger charge is -2.18. The summed E-state index contributed by atoms with van der Waals surface area (Å²) in [6, 6.07) is 10.5. The normalized spacial score (nSPS) is 10.8. The van der Waals surface area contributed by atoms with E-state index in [-0.39, 0.29) is 35.9 Å². The molecule has 180 valence electrons. The Morgan fingerprint density at radius 3 is 2.44 bits per heavy atom. The van der Waals surface area contributed by atoms with E-state index < -0.39 is 10.8 Å². The fourth-order valence-corrected chi connectivity index (χ4v) is 3.90. The molecule has 0 unspecified atom stereocenters. The zero-order valence-electron chi connectivity index (χ0n) is 19.4. The molecule has 2 aromatic carbocycles. The van der Waals surface area contributed by atoms with Crippen molar-refractivity contribution in [3.63, 3.8) is 0 Å². The fraction of sp³-hybridized carbons (Fsp3) is 0.333. The average Bonchev–Trinajstić information content (AvgIpc) is 3.38. The first kappa shape index (κ1) is 25.1. The Bertz CT molecular complexity index is 1100. The molecule has 0 saturated heterocycles. The van der Waals surface area contributed by atoms with Crippen molar-refractivity contribution in [3.05, 3.63) is 79.8 Å². The van der Waals surface area contributed by atoms with Crippen LogP contribution in [0, 0.1) is 10.1 Å². The van der Waals surface area contributed by atoms with Gasteiger partial charge in [0.2, 0.25) is 0 Å². The zero-order valence-corrected chi connectivity index (χ0v) is 20.3. The second kappa shape index (κ2) is 12.1. The van der Waals surface area contributed by atoms with Gasteiger partial charge < -0.3 is 14.8 Å². The molecule has 0 radical (unpaired) electrons. The Morgan fingerprint density at radius 2 is 1.85 bits per heavy atom. The second-order valence-electron chi connectivity index (χ2n) is 7.51. The Morgan fingerprint density at radius 1 is 1.15 bits per heavy atom. The van der Waals surface area contributed by atoms with E-state index in [2.05, 4.69) is 29.0 Å². The number of rotatable bonds is 12. The number of carbonyl (C=O) groups is 1. The van der Waals surface area contributed by atoms with Gasteiger partial charge in [-0.15, -0.1) is 11.3 Å². The van der Waals surface area contributed by atoms with Gasteiger partial charge >= 0.3 is 0 Å². The van der Waals surface area contributed by atoms with Crippen LogP contribution in [-0.2, 0) is 19.7 Å². The molecule has 0 saturated carbocycles. The van der Waals surface area contributed by atoms with Gasteiger partial charge in [0.15, 0.2) is 11.5 Å². The number of methoxy groups -OCH3 is 1. The number of thiazole rings is 1. The molecular weight excluding hydrogens is 456 g/mol. The maximum Gasteiger partial charge on any atom is 0.286 e. The van der Waals surface area contributed by atoms with E-state index in [9.17, 15) is 14.9 Å². The highest BCUT2D eigenvalue weighted by atomic mass is 32.1. The number of amides is 1. The monoisotopic (exact) mass is 484 g/mol. The van der Waals surface area contributed by atoms with E-state index in [0.29, 0.717) is 5.69 Å². The van der Waals surface area contributed by atoms with Gasteiger partial charge in [0.1, 0.15) is 12.2 Å². The summed E-state index contributed by atoms with van der Waals surface area (Å²) >= 11 is 1.42. The number of aromatic nitrogens is 1. The molecule has 0 spiro atoms. The summed E-state index contributed by atoms with van der Waals surface area (Å²) in [7, 11) is 1.41. The van der Waals surface area contributed by atoms with Crippen molar-refractivity contribution in [3.8, 4) is 11.5 Å². The lowest BCUT2D eigenvalue weighted by Crippen LogP contribution is -2.24. The number of hydrogen-bond acceptors (Lipinski definition) is 8. The topological polar surface area (TPSA) is 107 Å². The molecule has 1 aromatic heterocycles. The Labute approximate surface area is 202 Å². The Kier molecular flexibility index (Phi) is 8.94. The summed E-state index contributed by atoms with van der Waals surface area (Å²) in [4.78, 5) is 30.3. The third-order valence-electron chi connectivity index (χ3n) is 5.36. The first-order chi connectivity index (χ1) is 16.4. The number of nitrogens with one attached hydrogen (secondary N) is 1. The summed E-state index contributed by atoms with van der Waals surface area (Å²) in [6.45, 7) is 7.44. The Hall–Kier alpha value is -3.50. The van der Waals surface area contributed by atoms with Crippen molar-refractivity contribution in [1.82, 2.24) is 15.2 Å². The third-order valence-corrected chi connectivity index (χ3v) is 5.99. The standard InChI is InChI=1S/C24H28N4O5S/c1-4-27(5-2)13-18-8-6-17(7-9-18)12-25-24(29)20-10-22(32-3)23(11-21(20)28(30)31)33-14-19-15-34-16-26-19/h6-11,15-16H,4-5,12-14H2,1-3H3,(H,25,29). The maximum atomic E-state index is 12.8. The van der Waals surface area contributed by atoms with Crippen LogP contribution in [0.5, 0.6) is 11.5 Å². The molecule has 0 bridgehead atoms. The molecule has 1 N–H and O–H groups in total. The van der Waals surface area contributed by atoms with Crippen LogP contribution in [-0.4, -0.2) is 40.9 Å². The van der Waals surface area contributed by atoms with Gasteiger partial charge in [-0.2, -0.15) is 0 Å². The highest BCUT2D eigenvalue weighted by Crippen LogP contribution is 2.35. The van der Waals surface area contributed by atoms with Crippen molar-refractivity contribution in [1.29, 1.82) is 0 Å². The molecule has 0 fully saturated rings. The predicted molar refractivity (Wildman–Crippen MR) is 130 cm³/mol. The molecule has 1 amide bonds. The van der Waals surface area contributed by atoms with Gasteiger partial charge in [-0.05, 0) is 24.2 Å². The van der Waals surface area contributed by atoms with Crippen molar-refractivity contribution in [2.75, 3.05) is 20.2 Å². The quantitative estimate of drug-likeness (QED) is 0.300. The Balaban J connectivity index is 1.71. The summed E-state index contributed by atoms with van der Waals surface area (Å²) in [6.07, 6.45) is 0. The van der Waals surface area contributed by atoms with E-state index in [1.165, 1.54) is 36.1 Å². The van der Waals surface area contributed by atoms with Crippen molar-refractivity contribution in [2.45, 2.75) is 33.5 Å². The molecule has 9 nitrogen and oxygen atoms in total. The summed E-state index contributed by atoms with van der Waals surface area (Å²) < 4.78 is 11.0. The van der Waals surface area contributed by atoms with Crippen LogP contribution < -0.4 is 14.8 Å². The lowest BCUT2D eigenvalue weighted by atomic mass is 10.1. The molecule has 3 aromatic rings. The number of nitrogens with zero attached hydrogens (tertiary/aromatic N) is 3. The lowest BCUT2D eigenvalue weighted by molar-refractivity contribution is -0.385. The van der Waals surface area contributed by atoms with Gasteiger partial charge in [-0.3, -0.25) is 19.8 Å². The SMILES string of the molecule is CCN(CC)Cc1ccc(CNC(=O)c2cc(OC)c(OCc3cscn3)cc2[N+](=O)[O-])cc1. The van der Waals surface area contributed by atoms with Crippen LogP contribution in [0.25, 0.3) is 0 Å². The molecule has 0 aliphatic carbocycles. The molecular formula is C24H28N4O5S. The van der Waals surface area contributed by atoms with E-state index in [1.54, 1.807) is 5.51 Å². The number of benzene rings is 2. The van der Waals surface area contributed by atoms with Gasteiger partial charge in [-0.1, -0.05) is 38.1 Å². The zero-order chi connectivity index (χ0) is 24.5. The van der Waals surface area contributed by atoms with E-state index in [1.807, 2.05) is 29.6 Å². The van der Waals surface area contributed by atoms with Gasteiger partial charge in [0.25, 0.3) is 11.6 Å². The fourth-order valence-electron chi connectivity index (χ4n) is 3.36. The average molecular weight is 485 g/mol. The molecule has 10 heteroatoms. The minimum atomic E-state index is -0.605. The molecule has 1 heterocycles. The van der Waals surface area contributed by atoms with Gasteiger partial charge in [0, 0.05) is 24.5 Å². The van der Waals surface area contributed by atoms with E-state index >= 15 is 0 Å². The van der Waals surface area contributed by atoms with Crippen molar-refractivity contribution >= 4 is 22.9 Å². The van der Waals surface area contributed by atoms with Crippen molar-refractivity contribution < 1.29 is 19.2 Å². The molecule has 34 heavy (non-hydrogen) atoms. The smallest absolute Gasteiger partial charge is 0.286 e. The van der Waals surface area contributed by atoms with E-state index in [0.717, 1.165) is 25.2 Å². The van der Waals surface area contributed by atoms with Crippen LogP contribution in [0.1, 0.15) is 41.0 Å². The highest BCUT2D eigenvalue weighted by Gasteiger charge is 2.25. The number of nitro benzene ring substituents is 1. The number of nitro groups is 1.